The highest BCUT2D eigenvalue weighted by molar-refractivity contribution is 7.89. The van der Waals surface area contributed by atoms with Crippen LogP contribution in [0.4, 0.5) is 0 Å². The zero-order chi connectivity index (χ0) is 31.5. The van der Waals surface area contributed by atoms with Crippen LogP contribution >= 0.6 is 0 Å². The van der Waals surface area contributed by atoms with Gasteiger partial charge in [0, 0.05) is 57.6 Å². The predicted molar refractivity (Wildman–Crippen MR) is 165 cm³/mol. The molecule has 0 amide bonds. The zero-order valence-corrected chi connectivity index (χ0v) is 25.3. The van der Waals surface area contributed by atoms with Crippen LogP contribution < -0.4 is 29.8 Å². The number of methoxy groups -OCH3 is 2. The van der Waals surface area contributed by atoms with Crippen molar-refractivity contribution in [2.24, 2.45) is 0 Å². The molecule has 5 aromatic carbocycles. The van der Waals surface area contributed by atoms with Gasteiger partial charge in [-0.3, -0.25) is 9.59 Å². The van der Waals surface area contributed by atoms with E-state index in [9.17, 15) is 34.6 Å². The third kappa shape index (κ3) is 4.74. The van der Waals surface area contributed by atoms with E-state index in [0.29, 0.717) is 43.4 Å². The number of ether oxygens (including phenoxy) is 4. The summed E-state index contributed by atoms with van der Waals surface area (Å²) in [5, 5.41) is 45.4. The molecule has 0 unspecified atom stereocenters. The molecule has 5 aromatic rings. The highest BCUT2D eigenvalue weighted by Gasteiger charge is 2.33. The summed E-state index contributed by atoms with van der Waals surface area (Å²) in [7, 11) is 2.65. The molecule has 0 saturated carbocycles. The van der Waals surface area contributed by atoms with Crippen molar-refractivity contribution < 1.29 is 43.9 Å². The Hall–Kier alpha value is -3.97. The molecule has 228 valence electrons. The summed E-state index contributed by atoms with van der Waals surface area (Å²) in [5.41, 5.74) is -0.483. The van der Waals surface area contributed by atoms with E-state index in [1.807, 2.05) is 0 Å². The molecule has 0 spiro atoms. The summed E-state index contributed by atoms with van der Waals surface area (Å²) in [6.07, 6.45) is 1.45. The SMILES string of the molecule is COc1c(C[C@@H](C)O)c2c3c(C[C@@H](C)O)c(OC)c(=O)c4c(O)cc5c(c6c(cc(O)c(c1=O)c62)OCO5)c43.C[S+](C)[O-]. The summed E-state index contributed by atoms with van der Waals surface area (Å²) in [4.78, 5) is 27.6. The minimum Gasteiger partial charge on any atom is -0.617 e. The van der Waals surface area contributed by atoms with Gasteiger partial charge in [0.25, 0.3) is 0 Å². The first-order valence-corrected chi connectivity index (χ1v) is 15.4. The van der Waals surface area contributed by atoms with E-state index in [4.69, 9.17) is 18.9 Å². The van der Waals surface area contributed by atoms with E-state index < -0.39 is 34.2 Å². The van der Waals surface area contributed by atoms with Gasteiger partial charge in [-0.25, -0.2) is 0 Å². The number of benzene rings is 5. The van der Waals surface area contributed by atoms with E-state index >= 15 is 0 Å². The number of hydrogen-bond acceptors (Lipinski definition) is 11. The largest absolute Gasteiger partial charge is 0.617 e. The van der Waals surface area contributed by atoms with Gasteiger partial charge in [0.15, 0.2) is 11.5 Å². The fraction of sp³-hybridized carbons (Fsp3) is 0.355. The topological polar surface area (TPSA) is 175 Å². The van der Waals surface area contributed by atoms with Gasteiger partial charge in [0.2, 0.25) is 17.7 Å². The Balaban J connectivity index is 0.000000868. The smallest absolute Gasteiger partial charge is 0.232 e. The second-order valence-electron chi connectivity index (χ2n) is 10.7. The lowest BCUT2D eigenvalue weighted by Gasteiger charge is -2.24. The number of aromatic hydroxyl groups is 2. The lowest BCUT2D eigenvalue weighted by molar-refractivity contribution is 0.125. The molecule has 0 fully saturated rings. The van der Waals surface area contributed by atoms with Crippen molar-refractivity contribution in [2.45, 2.75) is 38.9 Å². The van der Waals surface area contributed by atoms with E-state index in [1.165, 1.54) is 26.4 Å². The Kier molecular flexibility index (Phi) is 7.99. The van der Waals surface area contributed by atoms with E-state index in [0.717, 1.165) is 0 Å². The number of phenols is 2. The van der Waals surface area contributed by atoms with Gasteiger partial charge in [-0.05, 0) is 24.6 Å². The molecule has 0 aromatic heterocycles. The Morgan fingerprint density at radius 1 is 0.744 bits per heavy atom. The van der Waals surface area contributed by atoms with Crippen LogP contribution in [0, 0.1) is 0 Å². The number of aliphatic hydroxyl groups is 2. The van der Waals surface area contributed by atoms with Crippen LogP contribution in [0.3, 0.4) is 0 Å². The Bertz CT molecular complexity index is 1840. The lowest BCUT2D eigenvalue weighted by Crippen LogP contribution is -2.17. The second kappa shape index (κ2) is 11.3. The lowest BCUT2D eigenvalue weighted by atomic mass is 9.82. The first kappa shape index (κ1) is 30.5. The van der Waals surface area contributed by atoms with E-state index in [-0.39, 0.29) is 64.9 Å². The van der Waals surface area contributed by atoms with Gasteiger partial charge in [0.05, 0.1) is 49.7 Å². The van der Waals surface area contributed by atoms with Crippen LogP contribution in [-0.4, -0.2) is 70.7 Å². The highest BCUT2D eigenvalue weighted by atomic mass is 32.2. The van der Waals surface area contributed by atoms with Crippen LogP contribution in [0.15, 0.2) is 21.7 Å². The van der Waals surface area contributed by atoms with Crippen molar-refractivity contribution in [3.8, 4) is 34.5 Å². The Labute approximate surface area is 248 Å². The Morgan fingerprint density at radius 3 is 1.40 bits per heavy atom. The minimum absolute atomic E-state index is 0.0104. The molecule has 6 rings (SSSR count). The molecule has 1 aliphatic rings. The van der Waals surface area contributed by atoms with Crippen molar-refractivity contribution in [2.75, 3.05) is 33.5 Å². The van der Waals surface area contributed by atoms with Crippen molar-refractivity contribution in [3.63, 3.8) is 0 Å². The van der Waals surface area contributed by atoms with Gasteiger partial charge in [0.1, 0.15) is 23.0 Å². The van der Waals surface area contributed by atoms with Crippen molar-refractivity contribution >= 4 is 54.3 Å². The number of hydrogen-bond donors (Lipinski definition) is 4. The second-order valence-corrected chi connectivity index (χ2v) is 12.2. The zero-order valence-electron chi connectivity index (χ0n) is 24.5. The molecule has 43 heavy (non-hydrogen) atoms. The van der Waals surface area contributed by atoms with E-state index in [1.54, 1.807) is 26.4 Å². The van der Waals surface area contributed by atoms with Crippen molar-refractivity contribution in [1.29, 1.82) is 0 Å². The van der Waals surface area contributed by atoms with Crippen LogP contribution in [0.1, 0.15) is 25.0 Å². The Morgan fingerprint density at radius 2 is 1.09 bits per heavy atom. The number of phenolic OH excluding ortho intramolecular Hbond substituents is 2. The summed E-state index contributed by atoms with van der Waals surface area (Å²) in [6.45, 7) is 2.87. The number of rotatable bonds is 6. The van der Waals surface area contributed by atoms with Crippen LogP contribution in [0.2, 0.25) is 0 Å². The average Bonchev–Trinajstić information content (AvgIpc) is 3.08. The summed E-state index contributed by atoms with van der Waals surface area (Å²) < 4.78 is 32.3. The van der Waals surface area contributed by atoms with Gasteiger partial charge in [-0.2, -0.15) is 0 Å². The minimum atomic E-state index is -0.903. The average molecular weight is 613 g/mol. The normalized spacial score (nSPS) is 14.1. The molecule has 0 radical (unpaired) electrons. The number of aliphatic hydroxyl groups excluding tert-OH is 2. The standard InChI is InChI=1S/C29H26O10.C2H6OS/c1-10(30)5-12-18-19-13(6-11(2)31)29(37-4)27(35)21-15(33)8-17-23(25(19)21)22-16(38-9-39-17)7-14(32)20(24(18)22)26(34)28(12)36-3;1-4(2)3/h7-8,10-11,30-33H,5-6,9H2,1-4H3;1-2H3/t10-,11-;/m1./s1. The molecular weight excluding hydrogens is 580 g/mol. The fourth-order valence-corrected chi connectivity index (χ4v) is 6.12. The molecule has 1 heterocycles. The molecule has 4 N–H and O–H groups in total. The third-order valence-electron chi connectivity index (χ3n) is 7.40. The van der Waals surface area contributed by atoms with Crippen LogP contribution in [0.25, 0.3) is 43.1 Å². The highest BCUT2D eigenvalue weighted by Crippen LogP contribution is 2.54. The van der Waals surface area contributed by atoms with E-state index in [2.05, 4.69) is 0 Å². The van der Waals surface area contributed by atoms with Gasteiger partial charge in [-0.1, -0.05) is 11.2 Å². The molecule has 1 aliphatic heterocycles. The molecule has 11 nitrogen and oxygen atoms in total. The first-order valence-electron chi connectivity index (χ1n) is 13.4. The fourth-order valence-electron chi connectivity index (χ4n) is 6.12. The van der Waals surface area contributed by atoms with Gasteiger partial charge >= 0.3 is 0 Å². The molecular formula is C31H32O11S. The van der Waals surface area contributed by atoms with Gasteiger partial charge < -0.3 is 43.9 Å². The van der Waals surface area contributed by atoms with Crippen molar-refractivity contribution in [3.05, 3.63) is 43.7 Å². The van der Waals surface area contributed by atoms with Crippen molar-refractivity contribution in [1.82, 2.24) is 0 Å². The third-order valence-corrected chi connectivity index (χ3v) is 7.40. The summed E-state index contributed by atoms with van der Waals surface area (Å²) >= 11 is -0.611. The maximum Gasteiger partial charge on any atom is 0.232 e. The molecule has 0 bridgehead atoms. The van der Waals surface area contributed by atoms with Crippen LogP contribution in [-0.2, 0) is 24.0 Å². The molecule has 2 atom stereocenters. The maximum atomic E-state index is 13.8. The first-order chi connectivity index (χ1) is 20.3. The van der Waals surface area contributed by atoms with Gasteiger partial charge in [-0.15, -0.1) is 0 Å². The van der Waals surface area contributed by atoms with Crippen LogP contribution in [0.5, 0.6) is 34.5 Å². The molecule has 12 heteroatoms. The maximum absolute atomic E-state index is 13.8. The molecule has 0 saturated heterocycles. The number of fused-ring (bicyclic) bond motifs is 1. The predicted octanol–water partition coefficient (Wildman–Crippen LogP) is 2.89. The summed E-state index contributed by atoms with van der Waals surface area (Å²) in [5.74, 6) is -0.420. The monoisotopic (exact) mass is 612 g/mol. The quantitative estimate of drug-likeness (QED) is 0.126. The summed E-state index contributed by atoms with van der Waals surface area (Å²) in [6, 6.07) is 2.63. The molecule has 0 aliphatic carbocycles.